The maximum atomic E-state index is 13.3. The number of hydrogen-bond acceptors (Lipinski definition) is 4. The van der Waals surface area contributed by atoms with Gasteiger partial charge in [-0.2, -0.15) is 0 Å². The van der Waals surface area contributed by atoms with Gasteiger partial charge in [0.1, 0.15) is 5.82 Å². The van der Waals surface area contributed by atoms with Crippen LogP contribution in [-0.4, -0.2) is 27.5 Å². The third kappa shape index (κ3) is 4.78. The number of unbranched alkanes of at least 4 members (excludes halogenated alkanes) is 1. The average molecular weight is 317 g/mol. The largest absolute Gasteiger partial charge is 0.465 e. The molecule has 1 rings (SSSR count). The SMILES string of the molecule is CCCCC(C)NS(=O)(=O)c1cc(F)ccc1C(=O)OC. The van der Waals surface area contributed by atoms with E-state index in [1.807, 2.05) is 6.92 Å². The fourth-order valence-electron chi connectivity index (χ4n) is 1.89. The molecule has 1 aromatic rings. The van der Waals surface area contributed by atoms with Crippen LogP contribution in [0.25, 0.3) is 0 Å². The van der Waals surface area contributed by atoms with Gasteiger partial charge in [-0.05, 0) is 31.5 Å². The van der Waals surface area contributed by atoms with Crippen molar-refractivity contribution in [2.24, 2.45) is 0 Å². The van der Waals surface area contributed by atoms with Gasteiger partial charge in [0.15, 0.2) is 0 Å². The Morgan fingerprint density at radius 2 is 2.10 bits per heavy atom. The topological polar surface area (TPSA) is 72.5 Å². The Hall–Kier alpha value is -1.47. The number of methoxy groups -OCH3 is 1. The summed E-state index contributed by atoms with van der Waals surface area (Å²) in [4.78, 5) is 11.2. The zero-order chi connectivity index (χ0) is 16.0. The highest BCUT2D eigenvalue weighted by Crippen LogP contribution is 2.19. The van der Waals surface area contributed by atoms with Gasteiger partial charge in [0.2, 0.25) is 10.0 Å². The Kier molecular flexibility index (Phi) is 6.29. The summed E-state index contributed by atoms with van der Waals surface area (Å²) >= 11 is 0. The molecule has 0 radical (unpaired) electrons. The fourth-order valence-corrected chi connectivity index (χ4v) is 3.38. The lowest BCUT2D eigenvalue weighted by molar-refractivity contribution is 0.0596. The van der Waals surface area contributed by atoms with E-state index >= 15 is 0 Å². The zero-order valence-electron chi connectivity index (χ0n) is 12.3. The molecule has 0 aliphatic rings. The summed E-state index contributed by atoms with van der Waals surface area (Å²) in [7, 11) is -2.85. The number of ether oxygens (including phenoxy) is 1. The van der Waals surface area contributed by atoms with Crippen molar-refractivity contribution in [1.29, 1.82) is 0 Å². The molecule has 5 nitrogen and oxygen atoms in total. The van der Waals surface area contributed by atoms with Crippen molar-refractivity contribution >= 4 is 16.0 Å². The summed E-state index contributed by atoms with van der Waals surface area (Å²) in [5.74, 6) is -1.55. The van der Waals surface area contributed by atoms with Crippen LogP contribution >= 0.6 is 0 Å². The van der Waals surface area contributed by atoms with Crippen LogP contribution in [0.1, 0.15) is 43.5 Å². The van der Waals surface area contributed by atoms with Crippen LogP contribution in [0.15, 0.2) is 23.1 Å². The predicted octanol–water partition coefficient (Wildman–Crippen LogP) is 2.47. The molecule has 1 unspecified atom stereocenters. The molecule has 118 valence electrons. The minimum absolute atomic E-state index is 0.186. The summed E-state index contributed by atoms with van der Waals surface area (Å²) < 4.78 is 44.9. The molecule has 0 heterocycles. The quantitative estimate of drug-likeness (QED) is 0.784. The second kappa shape index (κ2) is 7.51. The van der Waals surface area contributed by atoms with Crippen molar-refractivity contribution < 1.29 is 22.3 Å². The maximum Gasteiger partial charge on any atom is 0.339 e. The van der Waals surface area contributed by atoms with Crippen molar-refractivity contribution in [2.45, 2.75) is 44.0 Å². The Balaban J connectivity index is 3.12. The number of hydrogen-bond donors (Lipinski definition) is 1. The summed E-state index contributed by atoms with van der Waals surface area (Å²) in [6.45, 7) is 3.73. The molecular formula is C14H20FNO4S. The number of carbonyl (C=O) groups excluding carboxylic acids is 1. The van der Waals surface area contributed by atoms with Gasteiger partial charge in [0.05, 0.1) is 17.6 Å². The first-order valence-corrected chi connectivity index (χ1v) is 8.20. The highest BCUT2D eigenvalue weighted by molar-refractivity contribution is 7.89. The van der Waals surface area contributed by atoms with E-state index in [9.17, 15) is 17.6 Å². The maximum absolute atomic E-state index is 13.3. The smallest absolute Gasteiger partial charge is 0.339 e. The number of sulfonamides is 1. The number of halogens is 1. The van der Waals surface area contributed by atoms with Crippen molar-refractivity contribution in [3.8, 4) is 0 Å². The number of rotatable bonds is 7. The van der Waals surface area contributed by atoms with Crippen LogP contribution in [0, 0.1) is 5.82 Å². The molecule has 1 N–H and O–H groups in total. The molecule has 1 atom stereocenters. The molecule has 0 aromatic heterocycles. The highest BCUT2D eigenvalue weighted by atomic mass is 32.2. The lowest BCUT2D eigenvalue weighted by Crippen LogP contribution is -2.33. The zero-order valence-corrected chi connectivity index (χ0v) is 13.2. The van der Waals surface area contributed by atoms with E-state index in [4.69, 9.17) is 0 Å². The molecule has 0 bridgehead atoms. The normalized spacial score (nSPS) is 13.0. The molecule has 0 amide bonds. The Morgan fingerprint density at radius 1 is 1.43 bits per heavy atom. The van der Waals surface area contributed by atoms with Crippen LogP contribution in [-0.2, 0) is 14.8 Å². The third-order valence-electron chi connectivity index (χ3n) is 2.99. The van der Waals surface area contributed by atoms with Crippen LogP contribution < -0.4 is 4.72 Å². The van der Waals surface area contributed by atoms with E-state index in [1.165, 1.54) is 0 Å². The van der Waals surface area contributed by atoms with Crippen LogP contribution in [0.5, 0.6) is 0 Å². The van der Waals surface area contributed by atoms with Crippen molar-refractivity contribution in [1.82, 2.24) is 4.72 Å². The standard InChI is InChI=1S/C14H20FNO4S/c1-4-5-6-10(2)16-21(18,19)13-9-11(15)7-8-12(13)14(17)20-3/h7-10,16H,4-6H2,1-3H3. The summed E-state index contributed by atoms with van der Waals surface area (Å²) in [6.07, 6.45) is 2.48. The number of nitrogens with one attached hydrogen (secondary N) is 1. The van der Waals surface area contributed by atoms with Crippen LogP contribution in [0.2, 0.25) is 0 Å². The van der Waals surface area contributed by atoms with E-state index in [0.29, 0.717) is 6.42 Å². The molecule has 7 heteroatoms. The molecule has 0 spiro atoms. The van der Waals surface area contributed by atoms with Gasteiger partial charge in [-0.3, -0.25) is 0 Å². The third-order valence-corrected chi connectivity index (χ3v) is 4.61. The van der Waals surface area contributed by atoms with Gasteiger partial charge in [0, 0.05) is 6.04 Å². The van der Waals surface area contributed by atoms with Gasteiger partial charge in [-0.1, -0.05) is 19.8 Å². The Bertz CT molecular complexity index is 601. The summed E-state index contributed by atoms with van der Waals surface area (Å²) in [5.41, 5.74) is -0.186. The molecule has 0 aliphatic heterocycles. The molecule has 0 aliphatic carbocycles. The van der Waals surface area contributed by atoms with E-state index in [-0.39, 0.29) is 11.6 Å². The van der Waals surface area contributed by atoms with Gasteiger partial charge < -0.3 is 4.74 Å². The lowest BCUT2D eigenvalue weighted by Gasteiger charge is -2.15. The number of esters is 1. The first-order valence-electron chi connectivity index (χ1n) is 6.72. The van der Waals surface area contributed by atoms with Gasteiger partial charge in [0.25, 0.3) is 0 Å². The summed E-state index contributed by atoms with van der Waals surface area (Å²) in [6, 6.07) is 2.64. The van der Waals surface area contributed by atoms with Crippen molar-refractivity contribution in [2.75, 3.05) is 7.11 Å². The lowest BCUT2D eigenvalue weighted by atomic mass is 10.2. The molecule has 21 heavy (non-hydrogen) atoms. The Morgan fingerprint density at radius 3 is 2.67 bits per heavy atom. The first kappa shape index (κ1) is 17.6. The van der Waals surface area contributed by atoms with Crippen LogP contribution in [0.4, 0.5) is 4.39 Å². The van der Waals surface area contributed by atoms with Crippen LogP contribution in [0.3, 0.4) is 0 Å². The molecule has 0 saturated heterocycles. The van der Waals surface area contributed by atoms with Crippen molar-refractivity contribution in [3.63, 3.8) is 0 Å². The minimum Gasteiger partial charge on any atom is -0.465 e. The molecule has 0 saturated carbocycles. The molecule has 0 fully saturated rings. The van der Waals surface area contributed by atoms with E-state index in [2.05, 4.69) is 9.46 Å². The van der Waals surface area contributed by atoms with Gasteiger partial charge in [-0.15, -0.1) is 0 Å². The molecule has 1 aromatic carbocycles. The second-order valence-electron chi connectivity index (χ2n) is 4.80. The minimum atomic E-state index is -3.99. The van der Waals surface area contributed by atoms with Gasteiger partial charge in [-0.25, -0.2) is 22.3 Å². The number of benzene rings is 1. The van der Waals surface area contributed by atoms with E-state index in [1.54, 1.807) is 6.92 Å². The average Bonchev–Trinajstić information content (AvgIpc) is 2.43. The number of carbonyl (C=O) groups is 1. The molecular weight excluding hydrogens is 297 g/mol. The highest BCUT2D eigenvalue weighted by Gasteiger charge is 2.25. The fraction of sp³-hybridized carbons (Fsp3) is 0.500. The van der Waals surface area contributed by atoms with Crippen molar-refractivity contribution in [3.05, 3.63) is 29.6 Å². The second-order valence-corrected chi connectivity index (χ2v) is 6.48. The summed E-state index contributed by atoms with van der Waals surface area (Å²) in [5, 5.41) is 0. The first-order chi connectivity index (χ1) is 9.81. The monoisotopic (exact) mass is 317 g/mol. The Labute approximate surface area is 124 Å². The van der Waals surface area contributed by atoms with E-state index < -0.39 is 26.7 Å². The predicted molar refractivity (Wildman–Crippen MR) is 77.0 cm³/mol. The van der Waals surface area contributed by atoms with Gasteiger partial charge >= 0.3 is 5.97 Å². The van der Waals surface area contributed by atoms with E-state index in [0.717, 1.165) is 38.2 Å².